The lowest BCUT2D eigenvalue weighted by atomic mass is 9.89. The molecule has 2 aromatic rings. The third-order valence-electron chi connectivity index (χ3n) is 6.01. The Morgan fingerprint density at radius 2 is 1.68 bits per heavy atom. The Bertz CT molecular complexity index is 763. The number of amides is 1. The van der Waals surface area contributed by atoms with E-state index in [0.29, 0.717) is 31.0 Å². The lowest BCUT2D eigenvalue weighted by Crippen LogP contribution is -2.40. The summed E-state index contributed by atoms with van der Waals surface area (Å²) in [4.78, 5) is 12.9. The summed E-state index contributed by atoms with van der Waals surface area (Å²) < 4.78 is 5.56. The molecule has 0 aliphatic carbocycles. The van der Waals surface area contributed by atoms with Gasteiger partial charge >= 0.3 is 0 Å². The van der Waals surface area contributed by atoms with Crippen molar-refractivity contribution in [1.29, 1.82) is 0 Å². The van der Waals surface area contributed by atoms with Crippen molar-refractivity contribution >= 4 is 5.91 Å². The molecule has 3 unspecified atom stereocenters. The zero-order valence-corrected chi connectivity index (χ0v) is 16.6. The number of carbonyl (C=O) groups is 1. The van der Waals surface area contributed by atoms with Gasteiger partial charge in [-0.1, -0.05) is 42.5 Å². The number of fused-ring (bicyclic) bond motifs is 2. The molecule has 2 fully saturated rings. The van der Waals surface area contributed by atoms with Gasteiger partial charge in [-0.15, -0.1) is 0 Å². The summed E-state index contributed by atoms with van der Waals surface area (Å²) in [6.45, 7) is 2.63. The first-order valence-electron chi connectivity index (χ1n) is 10.5. The van der Waals surface area contributed by atoms with E-state index in [2.05, 4.69) is 22.8 Å². The van der Waals surface area contributed by atoms with E-state index in [9.17, 15) is 4.79 Å². The Hall–Kier alpha value is -2.33. The van der Waals surface area contributed by atoms with Crippen LogP contribution in [0, 0.1) is 5.92 Å². The molecule has 2 saturated heterocycles. The minimum Gasteiger partial charge on any atom is -0.494 e. The van der Waals surface area contributed by atoms with Crippen molar-refractivity contribution in [2.45, 2.75) is 57.2 Å². The number of nitrogens with one attached hydrogen (secondary N) is 2. The van der Waals surface area contributed by atoms with Crippen molar-refractivity contribution in [2.24, 2.45) is 5.92 Å². The molecule has 2 heterocycles. The second-order valence-corrected chi connectivity index (χ2v) is 8.09. The van der Waals surface area contributed by atoms with Crippen molar-refractivity contribution in [3.63, 3.8) is 0 Å². The van der Waals surface area contributed by atoms with Crippen LogP contribution in [-0.4, -0.2) is 24.6 Å². The Balaban J connectivity index is 1.46. The van der Waals surface area contributed by atoms with Gasteiger partial charge in [0, 0.05) is 18.5 Å². The number of ether oxygens (including phenoxy) is 1. The monoisotopic (exact) mass is 378 g/mol. The van der Waals surface area contributed by atoms with Gasteiger partial charge in [-0.2, -0.15) is 0 Å². The van der Waals surface area contributed by atoms with Gasteiger partial charge in [0.1, 0.15) is 5.75 Å². The van der Waals surface area contributed by atoms with E-state index in [-0.39, 0.29) is 11.9 Å². The van der Waals surface area contributed by atoms with E-state index in [1.54, 1.807) is 0 Å². The molecule has 4 heteroatoms. The van der Waals surface area contributed by atoms with Crippen LogP contribution in [0.5, 0.6) is 5.75 Å². The maximum absolute atomic E-state index is 12.9. The molecule has 0 radical (unpaired) electrons. The minimum atomic E-state index is -0.136. The van der Waals surface area contributed by atoms with Crippen LogP contribution in [0.3, 0.4) is 0 Å². The summed E-state index contributed by atoms with van der Waals surface area (Å²) in [5.41, 5.74) is 2.18. The molecule has 0 aromatic heterocycles. The molecule has 28 heavy (non-hydrogen) atoms. The lowest BCUT2D eigenvalue weighted by molar-refractivity contribution is -0.122. The third-order valence-corrected chi connectivity index (χ3v) is 6.01. The van der Waals surface area contributed by atoms with Crippen LogP contribution in [-0.2, 0) is 4.79 Å². The van der Waals surface area contributed by atoms with Gasteiger partial charge in [0.15, 0.2) is 0 Å². The van der Waals surface area contributed by atoms with E-state index >= 15 is 0 Å². The van der Waals surface area contributed by atoms with Gasteiger partial charge in [0.25, 0.3) is 0 Å². The highest BCUT2D eigenvalue weighted by Gasteiger charge is 2.34. The van der Waals surface area contributed by atoms with E-state index in [1.165, 1.54) is 12.8 Å². The number of carbonyl (C=O) groups excluding carboxylic acids is 1. The maximum atomic E-state index is 12.9. The van der Waals surface area contributed by atoms with Crippen LogP contribution in [0.1, 0.15) is 56.2 Å². The summed E-state index contributed by atoms with van der Waals surface area (Å²) in [5, 5.41) is 6.96. The molecule has 2 N–H and O–H groups in total. The first-order chi connectivity index (χ1) is 13.7. The minimum absolute atomic E-state index is 0.136. The normalized spacial score (nSPS) is 24.5. The number of benzene rings is 2. The van der Waals surface area contributed by atoms with Gasteiger partial charge in [0.2, 0.25) is 5.91 Å². The molecule has 2 aromatic carbocycles. The standard InChI is InChI=1S/C24H30N2O2/c1-2-28-22-12-8-19(9-13-22)24(18-6-4-3-5-7-18)26-23(27)16-17-14-20-10-11-21(15-17)25-20/h3-9,12-13,17,20-21,24-25H,2,10-11,14-16H2,1H3,(H,26,27). The van der Waals surface area contributed by atoms with Crippen LogP contribution in [0.25, 0.3) is 0 Å². The molecule has 0 saturated carbocycles. The fraction of sp³-hybridized carbons (Fsp3) is 0.458. The second-order valence-electron chi connectivity index (χ2n) is 8.09. The second kappa shape index (κ2) is 8.78. The van der Waals surface area contributed by atoms with Crippen molar-refractivity contribution in [3.05, 3.63) is 65.7 Å². The molecule has 2 aliphatic rings. The molecule has 148 valence electrons. The molecule has 0 spiro atoms. The molecular formula is C24H30N2O2. The first kappa shape index (κ1) is 19.0. The van der Waals surface area contributed by atoms with Crippen molar-refractivity contribution < 1.29 is 9.53 Å². The highest BCUT2D eigenvalue weighted by Crippen LogP contribution is 2.33. The predicted octanol–water partition coefficient (Wildman–Crippen LogP) is 4.21. The van der Waals surface area contributed by atoms with E-state index in [4.69, 9.17) is 4.74 Å². The molecule has 4 rings (SSSR count). The average Bonchev–Trinajstić information content (AvgIpc) is 3.06. The molecule has 4 nitrogen and oxygen atoms in total. The Morgan fingerprint density at radius 3 is 2.32 bits per heavy atom. The van der Waals surface area contributed by atoms with Gasteiger partial charge in [-0.05, 0) is 61.8 Å². The molecule has 3 atom stereocenters. The van der Waals surface area contributed by atoms with Crippen molar-refractivity contribution in [1.82, 2.24) is 10.6 Å². The van der Waals surface area contributed by atoms with Crippen molar-refractivity contribution in [3.8, 4) is 5.75 Å². The van der Waals surface area contributed by atoms with E-state index in [1.807, 2.05) is 49.4 Å². The zero-order chi connectivity index (χ0) is 19.3. The topological polar surface area (TPSA) is 50.4 Å². The van der Waals surface area contributed by atoms with Crippen LogP contribution in [0.2, 0.25) is 0 Å². The van der Waals surface area contributed by atoms with E-state index < -0.39 is 0 Å². The quantitative estimate of drug-likeness (QED) is 0.759. The first-order valence-corrected chi connectivity index (χ1v) is 10.5. The van der Waals surface area contributed by atoms with Crippen molar-refractivity contribution in [2.75, 3.05) is 6.61 Å². The summed E-state index contributed by atoms with van der Waals surface area (Å²) >= 11 is 0. The van der Waals surface area contributed by atoms with Crippen LogP contribution in [0.15, 0.2) is 54.6 Å². The summed E-state index contributed by atoms with van der Waals surface area (Å²) in [6, 6.07) is 19.4. The molecular weight excluding hydrogens is 348 g/mol. The Kier molecular flexibility index (Phi) is 5.96. The third kappa shape index (κ3) is 4.56. The Labute approximate surface area is 167 Å². The molecule has 2 aliphatic heterocycles. The predicted molar refractivity (Wildman–Crippen MR) is 111 cm³/mol. The lowest BCUT2D eigenvalue weighted by Gasteiger charge is -2.29. The summed E-state index contributed by atoms with van der Waals surface area (Å²) in [7, 11) is 0. The number of hydrogen-bond donors (Lipinski definition) is 2. The molecule has 2 bridgehead atoms. The number of hydrogen-bond acceptors (Lipinski definition) is 3. The van der Waals surface area contributed by atoms with Gasteiger partial charge in [-0.25, -0.2) is 0 Å². The van der Waals surface area contributed by atoms with Crippen LogP contribution in [0.4, 0.5) is 0 Å². The number of piperidine rings is 1. The fourth-order valence-electron chi connectivity index (χ4n) is 4.75. The highest BCUT2D eigenvalue weighted by molar-refractivity contribution is 5.77. The SMILES string of the molecule is CCOc1ccc(C(NC(=O)CC2CC3CCC(C2)N3)c2ccccc2)cc1. The van der Waals surface area contributed by atoms with Crippen LogP contribution >= 0.6 is 0 Å². The Morgan fingerprint density at radius 1 is 1.04 bits per heavy atom. The van der Waals surface area contributed by atoms with Gasteiger partial charge in [-0.3, -0.25) is 4.79 Å². The summed E-state index contributed by atoms with van der Waals surface area (Å²) in [5.74, 6) is 1.50. The van der Waals surface area contributed by atoms with E-state index in [0.717, 1.165) is 29.7 Å². The average molecular weight is 379 g/mol. The highest BCUT2D eigenvalue weighted by atomic mass is 16.5. The van der Waals surface area contributed by atoms with Gasteiger partial charge in [0.05, 0.1) is 12.6 Å². The summed E-state index contributed by atoms with van der Waals surface area (Å²) in [6.07, 6.45) is 5.41. The smallest absolute Gasteiger partial charge is 0.221 e. The number of rotatable bonds is 7. The van der Waals surface area contributed by atoms with Crippen LogP contribution < -0.4 is 15.4 Å². The zero-order valence-electron chi connectivity index (χ0n) is 16.6. The van der Waals surface area contributed by atoms with Gasteiger partial charge < -0.3 is 15.4 Å². The maximum Gasteiger partial charge on any atom is 0.221 e. The fourth-order valence-corrected chi connectivity index (χ4v) is 4.75. The molecule has 1 amide bonds. The largest absolute Gasteiger partial charge is 0.494 e.